The zero-order chi connectivity index (χ0) is 19.1. The summed E-state index contributed by atoms with van der Waals surface area (Å²) in [7, 11) is 0. The largest absolute Gasteiger partial charge is 0.299 e. The highest BCUT2D eigenvalue weighted by molar-refractivity contribution is 8.26. The van der Waals surface area contributed by atoms with Crippen molar-refractivity contribution in [1.82, 2.24) is 10.3 Å². The molecule has 0 bridgehead atoms. The van der Waals surface area contributed by atoms with Gasteiger partial charge in [-0.05, 0) is 23.8 Å². The van der Waals surface area contributed by atoms with E-state index in [2.05, 4.69) is 10.9 Å². The number of allylic oxidation sites excluding steroid dienone is 2. The van der Waals surface area contributed by atoms with Crippen LogP contribution in [0.3, 0.4) is 0 Å². The van der Waals surface area contributed by atoms with E-state index in [1.54, 1.807) is 12.2 Å². The van der Waals surface area contributed by atoms with Crippen molar-refractivity contribution in [1.29, 1.82) is 0 Å². The monoisotopic (exact) mass is 395 g/mol. The number of thiocarbonyl (C=S) groups is 1. The fourth-order valence-electron chi connectivity index (χ4n) is 2.31. The predicted molar refractivity (Wildman–Crippen MR) is 114 cm³/mol. The molecule has 1 saturated heterocycles. The number of carbonyl (C=O) groups is 2. The molecule has 2 N–H and O–H groups in total. The highest BCUT2D eigenvalue weighted by Crippen LogP contribution is 2.30. The lowest BCUT2D eigenvalue weighted by Gasteiger charge is -2.15. The van der Waals surface area contributed by atoms with Gasteiger partial charge >= 0.3 is 0 Å². The van der Waals surface area contributed by atoms with E-state index < -0.39 is 0 Å². The first-order chi connectivity index (χ1) is 13.1. The van der Waals surface area contributed by atoms with Crippen LogP contribution < -0.4 is 10.9 Å². The van der Waals surface area contributed by atoms with Crippen LogP contribution in [-0.2, 0) is 9.59 Å². The molecule has 0 aliphatic carbocycles. The van der Waals surface area contributed by atoms with E-state index in [9.17, 15) is 9.59 Å². The molecule has 0 atom stereocenters. The minimum atomic E-state index is -0.351. The topological polar surface area (TPSA) is 61.4 Å². The molecule has 2 aromatic rings. The molecular formula is C20H17N3O2S2. The van der Waals surface area contributed by atoms with E-state index >= 15 is 0 Å². The van der Waals surface area contributed by atoms with Gasteiger partial charge in [0.05, 0.1) is 10.6 Å². The van der Waals surface area contributed by atoms with Crippen molar-refractivity contribution in [3.63, 3.8) is 0 Å². The average Bonchev–Trinajstić information content (AvgIpc) is 2.96. The van der Waals surface area contributed by atoms with Crippen LogP contribution in [0, 0.1) is 0 Å². The Kier molecular flexibility index (Phi) is 6.40. The number of carbonyl (C=O) groups excluding carboxylic acids is 2. The highest BCUT2D eigenvalue weighted by Gasteiger charge is 2.32. The number of hydrogen-bond donors (Lipinski definition) is 2. The van der Waals surface area contributed by atoms with E-state index in [1.165, 1.54) is 16.7 Å². The Morgan fingerprint density at radius 2 is 1.74 bits per heavy atom. The van der Waals surface area contributed by atoms with E-state index in [0.717, 1.165) is 11.3 Å². The SMILES string of the molecule is O=C(CN1C(=O)/C(=C/C=C/c2ccccc2)SC1=S)NNc1ccccc1. The fraction of sp³-hybridized carbons (Fsp3) is 0.0500. The van der Waals surface area contributed by atoms with E-state index in [0.29, 0.717) is 9.23 Å². The second-order valence-electron chi connectivity index (χ2n) is 5.60. The van der Waals surface area contributed by atoms with Gasteiger partial charge in [-0.1, -0.05) is 84.7 Å². The molecule has 7 heteroatoms. The number of nitrogens with zero attached hydrogens (tertiary/aromatic N) is 1. The van der Waals surface area contributed by atoms with Crippen molar-refractivity contribution in [2.75, 3.05) is 12.0 Å². The van der Waals surface area contributed by atoms with Gasteiger partial charge in [-0.2, -0.15) is 0 Å². The molecule has 0 unspecified atom stereocenters. The molecule has 0 aromatic heterocycles. The Morgan fingerprint density at radius 3 is 2.44 bits per heavy atom. The van der Waals surface area contributed by atoms with Crippen LogP contribution in [0.4, 0.5) is 5.69 Å². The lowest BCUT2D eigenvalue weighted by atomic mass is 10.2. The van der Waals surface area contributed by atoms with E-state index in [4.69, 9.17) is 12.2 Å². The molecule has 3 rings (SSSR count). The Balaban J connectivity index is 1.56. The zero-order valence-electron chi connectivity index (χ0n) is 14.3. The molecular weight excluding hydrogens is 378 g/mol. The van der Waals surface area contributed by atoms with Crippen LogP contribution in [0.25, 0.3) is 6.08 Å². The van der Waals surface area contributed by atoms with Crippen LogP contribution in [0.2, 0.25) is 0 Å². The molecule has 0 saturated carbocycles. The quantitative estimate of drug-likeness (QED) is 0.445. The number of thioether (sulfide) groups is 1. The highest BCUT2D eigenvalue weighted by atomic mass is 32.2. The number of rotatable bonds is 6. The molecule has 0 spiro atoms. The molecule has 27 heavy (non-hydrogen) atoms. The maximum absolute atomic E-state index is 12.5. The summed E-state index contributed by atoms with van der Waals surface area (Å²) in [5, 5.41) is 0. The van der Waals surface area contributed by atoms with Gasteiger partial charge in [0.15, 0.2) is 0 Å². The van der Waals surface area contributed by atoms with Crippen molar-refractivity contribution in [2.45, 2.75) is 0 Å². The third-order valence-electron chi connectivity index (χ3n) is 3.63. The lowest BCUT2D eigenvalue weighted by molar-refractivity contribution is -0.128. The molecule has 136 valence electrons. The van der Waals surface area contributed by atoms with Gasteiger partial charge in [0.1, 0.15) is 10.9 Å². The fourth-order valence-corrected chi connectivity index (χ4v) is 3.51. The maximum Gasteiger partial charge on any atom is 0.266 e. The first-order valence-corrected chi connectivity index (χ1v) is 9.43. The Hall–Kier alpha value is -2.90. The van der Waals surface area contributed by atoms with Crippen LogP contribution in [0.15, 0.2) is 77.7 Å². The predicted octanol–water partition coefficient (Wildman–Crippen LogP) is 3.59. The number of benzene rings is 2. The Labute approximate surface area is 167 Å². The normalized spacial score (nSPS) is 15.6. The number of hydrogen-bond acceptors (Lipinski definition) is 5. The number of hydrazine groups is 1. The van der Waals surface area contributed by atoms with Crippen LogP contribution in [0.1, 0.15) is 5.56 Å². The Morgan fingerprint density at radius 1 is 1.07 bits per heavy atom. The summed E-state index contributed by atoms with van der Waals surface area (Å²) < 4.78 is 0.370. The smallest absolute Gasteiger partial charge is 0.266 e. The summed E-state index contributed by atoms with van der Waals surface area (Å²) in [4.78, 5) is 26.4. The minimum Gasteiger partial charge on any atom is -0.299 e. The molecule has 2 aromatic carbocycles. The standard InChI is InChI=1S/C20H17N3O2S2/c24-18(22-21-16-11-5-2-6-12-16)14-23-19(25)17(27-20(23)26)13-7-10-15-8-3-1-4-9-15/h1-13,21H,14H2,(H,22,24)/b10-7+,17-13-. The van der Waals surface area contributed by atoms with Gasteiger partial charge in [0.25, 0.3) is 11.8 Å². The Bertz CT molecular complexity index is 896. The minimum absolute atomic E-state index is 0.135. The molecule has 1 fully saturated rings. The van der Waals surface area contributed by atoms with Crippen molar-refractivity contribution < 1.29 is 9.59 Å². The number of para-hydroxylation sites is 1. The van der Waals surface area contributed by atoms with Gasteiger partial charge < -0.3 is 0 Å². The zero-order valence-corrected chi connectivity index (χ0v) is 15.9. The lowest BCUT2D eigenvalue weighted by Crippen LogP contribution is -2.41. The maximum atomic E-state index is 12.5. The summed E-state index contributed by atoms with van der Waals surface area (Å²) in [5.74, 6) is -0.617. The summed E-state index contributed by atoms with van der Waals surface area (Å²) >= 11 is 6.43. The van der Waals surface area contributed by atoms with Gasteiger partial charge in [-0.15, -0.1) is 0 Å². The summed E-state index contributed by atoms with van der Waals surface area (Å²) in [5.41, 5.74) is 7.15. The number of nitrogens with one attached hydrogen (secondary N) is 2. The van der Waals surface area contributed by atoms with Crippen LogP contribution in [0.5, 0.6) is 0 Å². The van der Waals surface area contributed by atoms with Crippen LogP contribution in [-0.4, -0.2) is 27.6 Å². The number of amides is 2. The summed E-state index contributed by atoms with van der Waals surface area (Å²) in [6.45, 7) is -0.135. The van der Waals surface area contributed by atoms with Crippen molar-refractivity contribution in [3.05, 3.63) is 83.3 Å². The molecule has 1 aliphatic rings. The second-order valence-corrected chi connectivity index (χ2v) is 7.27. The first kappa shape index (κ1) is 18.9. The molecule has 5 nitrogen and oxygen atoms in total. The average molecular weight is 396 g/mol. The van der Waals surface area contributed by atoms with Gasteiger partial charge in [0.2, 0.25) is 0 Å². The summed E-state index contributed by atoms with van der Waals surface area (Å²) in [6, 6.07) is 19.0. The van der Waals surface area contributed by atoms with Gasteiger partial charge in [-0.25, -0.2) is 0 Å². The third kappa shape index (κ3) is 5.29. The van der Waals surface area contributed by atoms with Crippen molar-refractivity contribution >= 4 is 51.9 Å². The van der Waals surface area contributed by atoms with Crippen molar-refractivity contribution in [3.8, 4) is 0 Å². The number of anilines is 1. The van der Waals surface area contributed by atoms with E-state index in [-0.39, 0.29) is 18.4 Å². The summed E-state index contributed by atoms with van der Waals surface area (Å²) in [6.07, 6.45) is 5.42. The molecule has 2 amide bonds. The van der Waals surface area contributed by atoms with Crippen LogP contribution >= 0.6 is 24.0 Å². The molecule has 1 aliphatic heterocycles. The van der Waals surface area contributed by atoms with Gasteiger partial charge in [0, 0.05) is 0 Å². The van der Waals surface area contributed by atoms with Gasteiger partial charge in [-0.3, -0.25) is 25.3 Å². The second kappa shape index (κ2) is 9.16. The molecule has 1 heterocycles. The third-order valence-corrected chi connectivity index (χ3v) is 5.03. The molecule has 0 radical (unpaired) electrons. The first-order valence-electron chi connectivity index (χ1n) is 8.20. The van der Waals surface area contributed by atoms with E-state index in [1.807, 2.05) is 66.7 Å². The van der Waals surface area contributed by atoms with Crippen molar-refractivity contribution in [2.24, 2.45) is 0 Å².